The number of rotatable bonds is 2. The van der Waals surface area contributed by atoms with Gasteiger partial charge in [0.2, 0.25) is 0 Å². The van der Waals surface area contributed by atoms with Gasteiger partial charge < -0.3 is 0 Å². The minimum Gasteiger partial charge on any atom is -0.298 e. The maximum absolute atomic E-state index is 10.4. The summed E-state index contributed by atoms with van der Waals surface area (Å²) in [6, 6.07) is 5.30. The van der Waals surface area contributed by atoms with Crippen LogP contribution in [0.25, 0.3) is 0 Å². The average molecular weight is 164 g/mol. The van der Waals surface area contributed by atoms with E-state index < -0.39 is 4.92 Å². The maximum atomic E-state index is 10.4. The molecule has 1 aromatic carbocycles. The van der Waals surface area contributed by atoms with Crippen LogP contribution in [-0.4, -0.2) is 11.2 Å². The fraction of sp³-hybridized carbons (Fsp3) is 0.125. The first-order chi connectivity index (χ1) is 5.66. The fourth-order valence-electron chi connectivity index (χ4n) is 0.902. The molecule has 0 amide bonds. The van der Waals surface area contributed by atoms with Crippen molar-refractivity contribution in [2.24, 2.45) is 0 Å². The predicted octanol–water partition coefficient (Wildman–Crippen LogP) is 1.52. The lowest BCUT2D eigenvalue weighted by molar-refractivity contribution is -0.385. The van der Waals surface area contributed by atoms with Gasteiger partial charge in [-0.2, -0.15) is 0 Å². The highest BCUT2D eigenvalue weighted by Gasteiger charge is 2.11. The molecule has 0 aliphatic rings. The summed E-state index contributed by atoms with van der Waals surface area (Å²) in [7, 11) is 0. The van der Waals surface area contributed by atoms with Crippen LogP contribution in [0.2, 0.25) is 0 Å². The number of carbonyl (C=O) groups is 1. The standard InChI is InChI=1S/C8H6NO3/c1-6-7(5-10)3-2-4-8(6)9(11)12/h2,4-5H,1H3. The first-order valence-corrected chi connectivity index (χ1v) is 3.27. The quantitative estimate of drug-likeness (QED) is 0.378. The summed E-state index contributed by atoms with van der Waals surface area (Å²) in [4.78, 5) is 20.2. The molecule has 0 N–H and O–H groups in total. The summed E-state index contributed by atoms with van der Waals surface area (Å²) in [5, 5.41) is 10.4. The number of hydrogen-bond donors (Lipinski definition) is 0. The molecular formula is C8H6NO3. The molecule has 1 rings (SSSR count). The highest BCUT2D eigenvalue weighted by atomic mass is 16.6. The van der Waals surface area contributed by atoms with E-state index >= 15 is 0 Å². The summed E-state index contributed by atoms with van der Waals surface area (Å²) in [5.41, 5.74) is 0.553. The van der Waals surface area contributed by atoms with E-state index in [0.29, 0.717) is 11.8 Å². The Morgan fingerprint density at radius 3 is 2.83 bits per heavy atom. The zero-order valence-corrected chi connectivity index (χ0v) is 6.40. The summed E-state index contributed by atoms with van der Waals surface area (Å²) in [6.45, 7) is 1.53. The number of nitrogens with zero attached hydrogens (tertiary/aromatic N) is 1. The normalized spacial score (nSPS) is 9.42. The Morgan fingerprint density at radius 2 is 2.33 bits per heavy atom. The molecule has 61 valence electrons. The van der Waals surface area contributed by atoms with Gasteiger partial charge >= 0.3 is 0 Å². The molecule has 4 nitrogen and oxygen atoms in total. The topological polar surface area (TPSA) is 60.2 Å². The second-order valence-electron chi connectivity index (χ2n) is 2.28. The van der Waals surface area contributed by atoms with Crippen molar-refractivity contribution in [2.45, 2.75) is 6.92 Å². The van der Waals surface area contributed by atoms with Gasteiger partial charge in [0.05, 0.1) is 4.92 Å². The molecule has 0 atom stereocenters. The van der Waals surface area contributed by atoms with Crippen LogP contribution in [0, 0.1) is 23.1 Å². The van der Waals surface area contributed by atoms with Gasteiger partial charge in [0.1, 0.15) is 0 Å². The second kappa shape index (κ2) is 3.13. The van der Waals surface area contributed by atoms with Crippen LogP contribution in [0.15, 0.2) is 12.1 Å². The van der Waals surface area contributed by atoms with Gasteiger partial charge in [-0.05, 0) is 19.1 Å². The Morgan fingerprint density at radius 1 is 1.67 bits per heavy atom. The number of hydrogen-bond acceptors (Lipinski definition) is 3. The van der Waals surface area contributed by atoms with Gasteiger partial charge in [-0.15, -0.1) is 0 Å². The van der Waals surface area contributed by atoms with Crippen LogP contribution in [0.4, 0.5) is 5.69 Å². The Balaban J connectivity index is 3.32. The molecule has 0 unspecified atom stereocenters. The zero-order chi connectivity index (χ0) is 9.14. The van der Waals surface area contributed by atoms with Gasteiger partial charge in [0.15, 0.2) is 6.29 Å². The van der Waals surface area contributed by atoms with Crippen molar-refractivity contribution >= 4 is 12.0 Å². The van der Waals surface area contributed by atoms with Crippen molar-refractivity contribution < 1.29 is 9.72 Å². The third kappa shape index (κ3) is 1.32. The van der Waals surface area contributed by atoms with Gasteiger partial charge in [-0.3, -0.25) is 14.9 Å². The van der Waals surface area contributed by atoms with Crippen molar-refractivity contribution in [3.63, 3.8) is 0 Å². The van der Waals surface area contributed by atoms with E-state index in [1.807, 2.05) is 0 Å². The summed E-state index contributed by atoms with van der Waals surface area (Å²) in [6.07, 6.45) is 0.558. The van der Waals surface area contributed by atoms with E-state index in [2.05, 4.69) is 6.07 Å². The van der Waals surface area contributed by atoms with Crippen molar-refractivity contribution in [1.29, 1.82) is 0 Å². The van der Waals surface area contributed by atoms with Crippen molar-refractivity contribution in [3.8, 4) is 0 Å². The van der Waals surface area contributed by atoms with Crippen molar-refractivity contribution in [1.82, 2.24) is 0 Å². The predicted molar refractivity (Wildman–Crippen MR) is 42.1 cm³/mol. The molecule has 1 aromatic rings. The molecule has 0 saturated carbocycles. The molecule has 0 fully saturated rings. The van der Waals surface area contributed by atoms with E-state index in [-0.39, 0.29) is 11.3 Å². The van der Waals surface area contributed by atoms with Gasteiger partial charge in [-0.25, -0.2) is 0 Å². The molecule has 0 aliphatic carbocycles. The highest BCUT2D eigenvalue weighted by Crippen LogP contribution is 2.18. The molecule has 0 heterocycles. The third-order valence-electron chi connectivity index (χ3n) is 1.58. The molecular weight excluding hydrogens is 158 g/mol. The molecule has 4 heteroatoms. The summed E-state index contributed by atoms with van der Waals surface area (Å²) >= 11 is 0. The first kappa shape index (κ1) is 8.39. The molecule has 0 saturated heterocycles. The number of benzene rings is 1. The molecule has 12 heavy (non-hydrogen) atoms. The lowest BCUT2D eigenvalue weighted by Crippen LogP contribution is -1.95. The van der Waals surface area contributed by atoms with Crippen LogP contribution < -0.4 is 0 Å². The van der Waals surface area contributed by atoms with E-state index in [9.17, 15) is 14.9 Å². The SMILES string of the molecule is Cc1c(C=O)[c]ccc1[N+](=O)[O-]. The second-order valence-corrected chi connectivity index (χ2v) is 2.28. The fourth-order valence-corrected chi connectivity index (χ4v) is 0.902. The zero-order valence-electron chi connectivity index (χ0n) is 6.40. The molecule has 0 aromatic heterocycles. The number of carbonyl (C=O) groups excluding carboxylic acids is 1. The minimum absolute atomic E-state index is 0.0455. The van der Waals surface area contributed by atoms with Gasteiger partial charge in [-0.1, -0.05) is 0 Å². The first-order valence-electron chi connectivity index (χ1n) is 3.27. The van der Waals surface area contributed by atoms with Crippen LogP contribution in [0.1, 0.15) is 15.9 Å². The molecule has 1 radical (unpaired) electrons. The molecule has 0 bridgehead atoms. The highest BCUT2D eigenvalue weighted by molar-refractivity contribution is 5.78. The van der Waals surface area contributed by atoms with Gasteiger partial charge in [0.25, 0.3) is 5.69 Å². The molecule has 0 spiro atoms. The van der Waals surface area contributed by atoms with Crippen molar-refractivity contribution in [3.05, 3.63) is 39.4 Å². The Kier molecular flexibility index (Phi) is 2.19. The third-order valence-corrected chi connectivity index (χ3v) is 1.58. The van der Waals surface area contributed by atoms with Crippen molar-refractivity contribution in [2.75, 3.05) is 0 Å². The van der Waals surface area contributed by atoms with Crippen LogP contribution in [-0.2, 0) is 0 Å². The maximum Gasteiger partial charge on any atom is 0.273 e. The minimum atomic E-state index is -0.518. The van der Waals surface area contributed by atoms with Crippen LogP contribution >= 0.6 is 0 Å². The lowest BCUT2D eigenvalue weighted by Gasteiger charge is -1.97. The largest absolute Gasteiger partial charge is 0.298 e. The smallest absolute Gasteiger partial charge is 0.273 e. The van der Waals surface area contributed by atoms with E-state index in [4.69, 9.17) is 0 Å². The molecule has 0 aliphatic heterocycles. The number of nitro benzene ring substituents is 1. The Labute approximate surface area is 69.0 Å². The number of nitro groups is 1. The summed E-state index contributed by atoms with van der Waals surface area (Å²) in [5.74, 6) is 0. The Bertz CT molecular complexity index is 333. The van der Waals surface area contributed by atoms with E-state index in [1.165, 1.54) is 19.1 Å². The van der Waals surface area contributed by atoms with Crippen LogP contribution in [0.3, 0.4) is 0 Å². The average Bonchev–Trinajstić information content (AvgIpc) is 2.04. The summed E-state index contributed by atoms with van der Waals surface area (Å²) < 4.78 is 0. The van der Waals surface area contributed by atoms with Gasteiger partial charge in [0, 0.05) is 17.2 Å². The van der Waals surface area contributed by atoms with Crippen LogP contribution in [0.5, 0.6) is 0 Å². The lowest BCUT2D eigenvalue weighted by atomic mass is 10.1. The Hall–Kier alpha value is -1.71. The monoisotopic (exact) mass is 164 g/mol. The number of aldehydes is 1. The van der Waals surface area contributed by atoms with E-state index in [1.54, 1.807) is 0 Å². The van der Waals surface area contributed by atoms with E-state index in [0.717, 1.165) is 0 Å².